The maximum absolute atomic E-state index is 11.6. The van der Waals surface area contributed by atoms with Crippen LogP contribution in [0.15, 0.2) is 76.3 Å². The van der Waals surface area contributed by atoms with Gasteiger partial charge in [0.1, 0.15) is 11.1 Å². The molecule has 0 aliphatic carbocycles. The van der Waals surface area contributed by atoms with Gasteiger partial charge < -0.3 is 25.5 Å². The van der Waals surface area contributed by atoms with Crippen molar-refractivity contribution in [2.24, 2.45) is 0 Å². The van der Waals surface area contributed by atoms with Crippen LogP contribution in [0.4, 0.5) is 5.69 Å². The summed E-state index contributed by atoms with van der Waals surface area (Å²) in [5.41, 5.74) is 9.93. The normalized spacial score (nSPS) is 10.1. The van der Waals surface area contributed by atoms with Crippen molar-refractivity contribution in [2.75, 3.05) is 12.8 Å². The maximum atomic E-state index is 11.6. The van der Waals surface area contributed by atoms with E-state index in [1.54, 1.807) is 24.3 Å². The number of fused-ring (bicyclic) bond motifs is 2. The first-order valence-electron chi connectivity index (χ1n) is 12.3. The van der Waals surface area contributed by atoms with E-state index in [1.165, 1.54) is 13.2 Å². The number of aryl methyl sites for hydroxylation is 3. The Morgan fingerprint density at radius 3 is 1.68 bits per heavy atom. The number of aldehydes is 1. The van der Waals surface area contributed by atoms with E-state index in [0.29, 0.717) is 16.8 Å². The molecule has 10 heteroatoms. The van der Waals surface area contributed by atoms with Gasteiger partial charge in [-0.1, -0.05) is 30.3 Å². The minimum Gasteiger partial charge on any atom is -0.477 e. The molecular formula is C31H29N3O7. The van der Waals surface area contributed by atoms with E-state index in [1.807, 2.05) is 57.2 Å². The number of carboxylic acids is 1. The standard InChI is InChI=1S/C12H11NO3.C11H9NO3.C8H9NO/c1-7-3-4-8-6-9(12(15)16-2)11(14)13-10(8)5-7;1-6-2-3-7-5-8(11(14)15)10(13)12-9(7)4-6;1-6-2-3-7(5-10)8(9)4-6/h3-6H,1-2H3,(H,13,14);2-5H,1H3,(H,12,13)(H,14,15);2-5H,9H2,1H3. The fourth-order valence-electron chi connectivity index (χ4n) is 3.85. The number of methoxy groups -OCH3 is 1. The van der Waals surface area contributed by atoms with Gasteiger partial charge in [-0.15, -0.1) is 0 Å². The molecule has 0 fully saturated rings. The molecular weight excluding hydrogens is 526 g/mol. The van der Waals surface area contributed by atoms with Crippen LogP contribution in [0.2, 0.25) is 0 Å². The lowest BCUT2D eigenvalue weighted by molar-refractivity contribution is 0.0598. The van der Waals surface area contributed by atoms with Gasteiger partial charge in [-0.3, -0.25) is 14.4 Å². The van der Waals surface area contributed by atoms with E-state index >= 15 is 0 Å². The van der Waals surface area contributed by atoms with Crippen LogP contribution < -0.4 is 16.9 Å². The van der Waals surface area contributed by atoms with Crippen LogP contribution in [0.3, 0.4) is 0 Å². The molecule has 2 aromatic heterocycles. The minimum atomic E-state index is -1.21. The van der Waals surface area contributed by atoms with Gasteiger partial charge in [0.15, 0.2) is 6.29 Å². The monoisotopic (exact) mass is 555 g/mol. The number of aromatic carboxylic acids is 1. The molecule has 0 spiro atoms. The van der Waals surface area contributed by atoms with Crippen molar-refractivity contribution < 1.29 is 24.2 Å². The molecule has 5 aromatic rings. The number of ether oxygens (including phenoxy) is 1. The number of aromatic amines is 2. The van der Waals surface area contributed by atoms with Crippen LogP contribution in [0.25, 0.3) is 21.8 Å². The predicted molar refractivity (Wildman–Crippen MR) is 158 cm³/mol. The van der Waals surface area contributed by atoms with Crippen molar-refractivity contribution in [3.05, 3.63) is 121 Å². The van der Waals surface area contributed by atoms with Gasteiger partial charge in [-0.2, -0.15) is 0 Å². The lowest BCUT2D eigenvalue weighted by Gasteiger charge is -2.02. The van der Waals surface area contributed by atoms with Gasteiger partial charge in [0, 0.05) is 22.3 Å². The van der Waals surface area contributed by atoms with Crippen molar-refractivity contribution in [3.63, 3.8) is 0 Å². The second-order valence-corrected chi connectivity index (χ2v) is 9.25. The molecule has 0 saturated heterocycles. The molecule has 5 rings (SSSR count). The molecule has 0 saturated carbocycles. The number of nitrogens with one attached hydrogen (secondary N) is 2. The Kier molecular flexibility index (Phi) is 9.54. The number of carbonyl (C=O) groups excluding carboxylic acids is 2. The Balaban J connectivity index is 0.000000174. The third kappa shape index (κ3) is 7.54. The van der Waals surface area contributed by atoms with Gasteiger partial charge in [0.25, 0.3) is 11.1 Å². The first-order valence-corrected chi connectivity index (χ1v) is 12.3. The van der Waals surface area contributed by atoms with E-state index < -0.39 is 23.1 Å². The van der Waals surface area contributed by atoms with E-state index in [2.05, 4.69) is 14.7 Å². The smallest absolute Gasteiger partial charge is 0.343 e. The highest BCUT2D eigenvalue weighted by atomic mass is 16.5. The fraction of sp³-hybridized carbons (Fsp3) is 0.129. The minimum absolute atomic E-state index is 0.0267. The van der Waals surface area contributed by atoms with Gasteiger partial charge >= 0.3 is 11.9 Å². The summed E-state index contributed by atoms with van der Waals surface area (Å²) in [4.78, 5) is 60.4. The fourth-order valence-corrected chi connectivity index (χ4v) is 3.85. The largest absolute Gasteiger partial charge is 0.477 e. The lowest BCUT2D eigenvalue weighted by atomic mass is 10.1. The summed E-state index contributed by atoms with van der Waals surface area (Å²) in [5, 5.41) is 10.3. The van der Waals surface area contributed by atoms with Crippen LogP contribution in [0, 0.1) is 20.8 Å². The number of pyridine rings is 2. The number of rotatable bonds is 3. The molecule has 0 radical (unpaired) electrons. The predicted octanol–water partition coefficient (Wildman–Crippen LogP) is 4.55. The van der Waals surface area contributed by atoms with Crippen LogP contribution in [-0.2, 0) is 4.74 Å². The van der Waals surface area contributed by atoms with E-state index in [-0.39, 0.29) is 11.1 Å². The average molecular weight is 556 g/mol. The third-order valence-corrected chi connectivity index (χ3v) is 6.01. The highest BCUT2D eigenvalue weighted by Crippen LogP contribution is 2.14. The summed E-state index contributed by atoms with van der Waals surface area (Å²) in [5.74, 6) is -1.83. The van der Waals surface area contributed by atoms with Crippen LogP contribution >= 0.6 is 0 Å². The Hall–Kier alpha value is -5.51. The second kappa shape index (κ2) is 13.0. The first-order chi connectivity index (χ1) is 19.4. The SMILES string of the molecule is COC(=O)c1cc2ccc(C)cc2[nH]c1=O.Cc1ccc(C=O)c(N)c1.Cc1ccc2cc(C(=O)O)c(=O)[nH]c2c1. The number of nitrogen functional groups attached to an aromatic ring is 1. The van der Waals surface area contributed by atoms with Crippen LogP contribution in [0.1, 0.15) is 47.8 Å². The Morgan fingerprint density at radius 1 is 0.756 bits per heavy atom. The van der Waals surface area contributed by atoms with Crippen molar-refractivity contribution in [1.29, 1.82) is 0 Å². The van der Waals surface area contributed by atoms with Crippen LogP contribution in [0.5, 0.6) is 0 Å². The molecule has 41 heavy (non-hydrogen) atoms. The number of benzene rings is 3. The topological polar surface area (TPSA) is 172 Å². The third-order valence-electron chi connectivity index (χ3n) is 6.01. The van der Waals surface area contributed by atoms with Gasteiger partial charge in [0.05, 0.1) is 7.11 Å². The number of aromatic nitrogens is 2. The molecule has 0 aliphatic heterocycles. The van der Waals surface area contributed by atoms with Gasteiger partial charge in [-0.25, -0.2) is 9.59 Å². The highest BCUT2D eigenvalue weighted by molar-refractivity contribution is 5.94. The van der Waals surface area contributed by atoms with Crippen molar-refractivity contribution in [3.8, 4) is 0 Å². The molecule has 0 amide bonds. The molecule has 10 nitrogen and oxygen atoms in total. The molecule has 0 bridgehead atoms. The van der Waals surface area contributed by atoms with Gasteiger partial charge in [0.2, 0.25) is 0 Å². The Bertz CT molecular complexity index is 1890. The number of nitrogens with two attached hydrogens (primary N) is 1. The first kappa shape index (κ1) is 30.0. The van der Waals surface area contributed by atoms with E-state index in [4.69, 9.17) is 10.8 Å². The molecule has 2 heterocycles. The zero-order valence-corrected chi connectivity index (χ0v) is 22.9. The zero-order valence-electron chi connectivity index (χ0n) is 22.9. The van der Waals surface area contributed by atoms with Crippen molar-refractivity contribution >= 4 is 45.7 Å². The Morgan fingerprint density at radius 2 is 1.22 bits per heavy atom. The van der Waals surface area contributed by atoms with Crippen molar-refractivity contribution in [2.45, 2.75) is 20.8 Å². The molecule has 0 unspecified atom stereocenters. The van der Waals surface area contributed by atoms with Crippen molar-refractivity contribution in [1.82, 2.24) is 9.97 Å². The summed E-state index contributed by atoms with van der Waals surface area (Å²) < 4.78 is 4.53. The van der Waals surface area contributed by atoms with Crippen LogP contribution in [-0.4, -0.2) is 40.4 Å². The summed E-state index contributed by atoms with van der Waals surface area (Å²) >= 11 is 0. The number of carbonyl (C=O) groups is 3. The Labute approximate surface area is 234 Å². The number of H-pyrrole nitrogens is 2. The average Bonchev–Trinajstić information content (AvgIpc) is 2.92. The lowest BCUT2D eigenvalue weighted by Crippen LogP contribution is -2.18. The summed E-state index contributed by atoms with van der Waals surface area (Å²) in [6.45, 7) is 5.78. The highest BCUT2D eigenvalue weighted by Gasteiger charge is 2.12. The zero-order chi connectivity index (χ0) is 30.3. The number of hydrogen-bond acceptors (Lipinski definition) is 7. The quantitative estimate of drug-likeness (QED) is 0.143. The maximum Gasteiger partial charge on any atom is 0.343 e. The molecule has 0 atom stereocenters. The number of hydrogen-bond donors (Lipinski definition) is 4. The van der Waals surface area contributed by atoms with Gasteiger partial charge in [-0.05, 0) is 84.6 Å². The summed E-state index contributed by atoms with van der Waals surface area (Å²) in [7, 11) is 1.25. The van der Waals surface area contributed by atoms with E-state index in [0.717, 1.165) is 39.3 Å². The van der Waals surface area contributed by atoms with E-state index in [9.17, 15) is 24.0 Å². The summed E-state index contributed by atoms with van der Waals surface area (Å²) in [6, 6.07) is 19.4. The molecule has 210 valence electrons. The second-order valence-electron chi connectivity index (χ2n) is 9.25. The number of carboxylic acid groups (broad SMARTS) is 1. The molecule has 5 N–H and O–H groups in total. The molecule has 3 aromatic carbocycles. The number of esters is 1. The molecule has 0 aliphatic rings. The summed E-state index contributed by atoms with van der Waals surface area (Å²) in [6.07, 6.45) is 0.759. The number of anilines is 1.